The zero-order chi connectivity index (χ0) is 13.8. The first-order chi connectivity index (χ1) is 9.11. The average Bonchev–Trinajstić information content (AvgIpc) is 2.76. The molecule has 2 rings (SSSR count). The monoisotopic (exact) mass is 385 g/mol. The molecule has 2 aromatic rings. The second kappa shape index (κ2) is 6.68. The molecule has 0 amide bonds. The van der Waals surface area contributed by atoms with Gasteiger partial charge < -0.3 is 5.32 Å². The van der Waals surface area contributed by atoms with Gasteiger partial charge in [0.2, 0.25) is 0 Å². The first kappa shape index (κ1) is 14.8. The van der Waals surface area contributed by atoms with Gasteiger partial charge in [-0.3, -0.25) is 0 Å². The minimum Gasteiger partial charge on any atom is -0.311 e. The lowest BCUT2D eigenvalue weighted by atomic mass is 10.2. The summed E-state index contributed by atoms with van der Waals surface area (Å²) in [5, 5.41) is 7.95. The van der Waals surface area contributed by atoms with Gasteiger partial charge in [0, 0.05) is 21.7 Å². The molecule has 1 aromatic heterocycles. The topological polar surface area (TPSA) is 29.9 Å². The molecule has 3 nitrogen and oxygen atoms in total. The molecule has 0 saturated heterocycles. The van der Waals surface area contributed by atoms with E-state index in [0.717, 1.165) is 39.8 Å². The number of nitrogens with one attached hydrogen (secondary N) is 1. The van der Waals surface area contributed by atoms with Crippen LogP contribution in [0.3, 0.4) is 0 Å². The van der Waals surface area contributed by atoms with E-state index in [9.17, 15) is 0 Å². The maximum atomic E-state index is 4.60. The lowest BCUT2D eigenvalue weighted by molar-refractivity contribution is 0.656. The van der Waals surface area contributed by atoms with E-state index in [4.69, 9.17) is 0 Å². The summed E-state index contributed by atoms with van der Waals surface area (Å²) in [6.45, 7) is 6.06. The van der Waals surface area contributed by atoms with Gasteiger partial charge in [0.1, 0.15) is 0 Å². The molecule has 5 heteroatoms. The van der Waals surface area contributed by atoms with Gasteiger partial charge in [-0.15, -0.1) is 0 Å². The molecule has 0 saturated carbocycles. The molecule has 0 aliphatic rings. The van der Waals surface area contributed by atoms with Crippen molar-refractivity contribution in [3.63, 3.8) is 0 Å². The zero-order valence-electron chi connectivity index (χ0n) is 11.1. The highest BCUT2D eigenvalue weighted by Gasteiger charge is 2.10. The summed E-state index contributed by atoms with van der Waals surface area (Å²) in [7, 11) is 0. The van der Waals surface area contributed by atoms with Crippen LogP contribution in [0.5, 0.6) is 0 Å². The van der Waals surface area contributed by atoms with Crippen LogP contribution in [0.15, 0.2) is 33.3 Å². The van der Waals surface area contributed by atoms with Crippen molar-refractivity contribution in [2.75, 3.05) is 6.54 Å². The number of rotatable bonds is 5. The van der Waals surface area contributed by atoms with E-state index in [0.29, 0.717) is 0 Å². The minimum absolute atomic E-state index is 0.807. The van der Waals surface area contributed by atoms with E-state index in [1.807, 2.05) is 16.9 Å². The van der Waals surface area contributed by atoms with E-state index in [2.05, 4.69) is 68.3 Å². The number of aryl methyl sites for hydroxylation is 1. The van der Waals surface area contributed by atoms with Crippen molar-refractivity contribution in [2.24, 2.45) is 0 Å². The zero-order valence-corrected chi connectivity index (χ0v) is 14.3. The summed E-state index contributed by atoms with van der Waals surface area (Å²) in [5.41, 5.74) is 3.29. The van der Waals surface area contributed by atoms with E-state index in [1.165, 1.54) is 5.56 Å². The Morgan fingerprint density at radius 2 is 1.95 bits per heavy atom. The predicted octanol–water partition coefficient (Wildman–Crippen LogP) is 4.21. The van der Waals surface area contributed by atoms with Gasteiger partial charge >= 0.3 is 0 Å². The van der Waals surface area contributed by atoms with Crippen molar-refractivity contribution < 1.29 is 0 Å². The van der Waals surface area contributed by atoms with E-state index in [-0.39, 0.29) is 0 Å². The number of nitrogens with zero attached hydrogens (tertiary/aromatic N) is 2. The maximum absolute atomic E-state index is 4.60. The molecule has 0 atom stereocenters. The molecular weight excluding hydrogens is 370 g/mol. The second-order valence-corrected chi connectivity index (χ2v) is 6.21. The van der Waals surface area contributed by atoms with Gasteiger partial charge in [-0.05, 0) is 75.5 Å². The number of hydrogen-bond acceptors (Lipinski definition) is 2. The van der Waals surface area contributed by atoms with Crippen molar-refractivity contribution in [1.29, 1.82) is 0 Å². The van der Waals surface area contributed by atoms with Crippen molar-refractivity contribution >= 4 is 31.9 Å². The fraction of sp³-hybridized carbons (Fsp3) is 0.357. The van der Waals surface area contributed by atoms with Gasteiger partial charge in [-0.2, -0.15) is 5.10 Å². The van der Waals surface area contributed by atoms with Crippen LogP contribution in [0.1, 0.15) is 24.6 Å². The molecule has 1 N–H and O–H groups in total. The van der Waals surface area contributed by atoms with Crippen LogP contribution in [0.4, 0.5) is 0 Å². The molecule has 0 aliphatic heterocycles. The summed E-state index contributed by atoms with van der Waals surface area (Å²) in [4.78, 5) is 0. The Morgan fingerprint density at radius 1 is 1.26 bits per heavy atom. The lowest BCUT2D eigenvalue weighted by Gasteiger charge is -2.09. The number of benzene rings is 1. The highest BCUT2D eigenvalue weighted by molar-refractivity contribution is 9.11. The Balaban J connectivity index is 2.23. The largest absolute Gasteiger partial charge is 0.311 e. The molecule has 1 heterocycles. The Labute approximate surface area is 130 Å². The molecule has 0 spiro atoms. The van der Waals surface area contributed by atoms with Crippen molar-refractivity contribution in [3.05, 3.63) is 44.6 Å². The predicted molar refractivity (Wildman–Crippen MR) is 85.7 cm³/mol. The number of halogens is 2. The third kappa shape index (κ3) is 3.68. The second-order valence-electron chi connectivity index (χ2n) is 4.51. The first-order valence-corrected chi connectivity index (χ1v) is 7.91. The molecular formula is C14H17Br2N3. The summed E-state index contributed by atoms with van der Waals surface area (Å²) in [6.07, 6.45) is 3.12. The van der Waals surface area contributed by atoms with E-state index >= 15 is 0 Å². The van der Waals surface area contributed by atoms with Crippen LogP contribution in [-0.2, 0) is 6.54 Å². The number of hydrogen-bond donors (Lipinski definition) is 1. The Hall–Kier alpha value is -0.650. The van der Waals surface area contributed by atoms with Gasteiger partial charge in [0.15, 0.2) is 0 Å². The Bertz CT molecular complexity index is 541. The number of aromatic nitrogens is 2. The van der Waals surface area contributed by atoms with Crippen molar-refractivity contribution in [2.45, 2.75) is 26.8 Å². The van der Waals surface area contributed by atoms with Crippen LogP contribution in [0, 0.1) is 6.92 Å². The summed E-state index contributed by atoms with van der Waals surface area (Å²) in [5.74, 6) is 0. The summed E-state index contributed by atoms with van der Waals surface area (Å²) >= 11 is 7.20. The van der Waals surface area contributed by atoms with Gasteiger partial charge in [0.05, 0.1) is 11.4 Å². The van der Waals surface area contributed by atoms with Crippen LogP contribution >= 0.6 is 31.9 Å². The van der Waals surface area contributed by atoms with Crippen LogP contribution in [0.2, 0.25) is 0 Å². The Morgan fingerprint density at radius 3 is 2.58 bits per heavy atom. The quantitative estimate of drug-likeness (QED) is 0.780. The molecule has 0 bridgehead atoms. The maximum Gasteiger partial charge on any atom is 0.0929 e. The van der Waals surface area contributed by atoms with Crippen LogP contribution in [-0.4, -0.2) is 16.3 Å². The van der Waals surface area contributed by atoms with Gasteiger partial charge in [0.25, 0.3) is 0 Å². The highest BCUT2D eigenvalue weighted by Crippen LogP contribution is 2.30. The van der Waals surface area contributed by atoms with Crippen LogP contribution < -0.4 is 5.32 Å². The molecule has 0 aliphatic carbocycles. The summed E-state index contributed by atoms with van der Waals surface area (Å²) in [6, 6.07) is 6.23. The van der Waals surface area contributed by atoms with Crippen molar-refractivity contribution in [3.8, 4) is 5.69 Å². The molecule has 19 heavy (non-hydrogen) atoms. The van der Waals surface area contributed by atoms with E-state index in [1.54, 1.807) is 0 Å². The molecule has 0 radical (unpaired) electrons. The molecule has 0 fully saturated rings. The lowest BCUT2D eigenvalue weighted by Crippen LogP contribution is -2.14. The van der Waals surface area contributed by atoms with Gasteiger partial charge in [-0.25, -0.2) is 4.68 Å². The fourth-order valence-corrected chi connectivity index (χ4v) is 3.66. The fourth-order valence-electron chi connectivity index (χ4n) is 1.88. The molecule has 102 valence electrons. The third-order valence-corrected chi connectivity index (χ3v) is 3.98. The van der Waals surface area contributed by atoms with Gasteiger partial charge in [-0.1, -0.05) is 6.92 Å². The highest BCUT2D eigenvalue weighted by atomic mass is 79.9. The van der Waals surface area contributed by atoms with Crippen molar-refractivity contribution in [1.82, 2.24) is 15.1 Å². The summed E-state index contributed by atoms with van der Waals surface area (Å²) < 4.78 is 3.97. The average molecular weight is 387 g/mol. The minimum atomic E-state index is 0.807. The third-order valence-electron chi connectivity index (χ3n) is 2.77. The standard InChI is InChI=1S/C14H17Br2N3/c1-3-5-17-9-11-4-6-19(18-11)14-12(15)7-10(2)8-13(14)16/h4,6-8,17H,3,5,9H2,1-2H3. The van der Waals surface area contributed by atoms with Crippen LogP contribution in [0.25, 0.3) is 5.69 Å². The molecule has 1 aromatic carbocycles. The first-order valence-electron chi connectivity index (χ1n) is 6.33. The SMILES string of the molecule is CCCNCc1ccn(-c2c(Br)cc(C)cc2Br)n1. The smallest absolute Gasteiger partial charge is 0.0929 e. The molecule has 0 unspecified atom stereocenters. The van der Waals surface area contributed by atoms with E-state index < -0.39 is 0 Å². The normalized spacial score (nSPS) is 10.9. The Kier molecular flexibility index (Phi) is 5.19.